The molecule has 3 aromatic heterocycles. The van der Waals surface area contributed by atoms with Gasteiger partial charge in [-0.3, -0.25) is 0 Å². The van der Waals surface area contributed by atoms with Gasteiger partial charge >= 0.3 is 0 Å². The molecule has 152 valence electrons. The zero-order chi connectivity index (χ0) is 21.4. The van der Waals surface area contributed by atoms with Crippen LogP contribution in [0, 0.1) is 18.8 Å². The van der Waals surface area contributed by atoms with E-state index in [1.807, 2.05) is 27.1 Å². The monoisotopic (exact) mass is 407 g/mol. The maximum atomic E-state index is 5.77. The third-order valence-electron chi connectivity index (χ3n) is 5.37. The molecule has 0 bridgehead atoms. The van der Waals surface area contributed by atoms with E-state index in [1.54, 1.807) is 23.2 Å². The first-order chi connectivity index (χ1) is 15.1. The molecular weight excluding hydrogens is 386 g/mol. The summed E-state index contributed by atoms with van der Waals surface area (Å²) < 4.78 is 7.49. The Morgan fingerprint density at radius 3 is 2.87 bits per heavy atom. The van der Waals surface area contributed by atoms with E-state index in [0.717, 1.165) is 44.6 Å². The Kier molecular flexibility index (Phi) is 4.64. The van der Waals surface area contributed by atoms with Gasteiger partial charge in [0.05, 0.1) is 28.5 Å². The van der Waals surface area contributed by atoms with Crippen LogP contribution < -0.4 is 4.90 Å². The summed E-state index contributed by atoms with van der Waals surface area (Å²) >= 11 is 0. The molecule has 0 fully saturated rings. The molecule has 6 heteroatoms. The molecule has 3 heterocycles. The van der Waals surface area contributed by atoms with E-state index in [-0.39, 0.29) is 0 Å². The topological polar surface area (TPSA) is 59.5 Å². The second-order valence-electron chi connectivity index (χ2n) is 7.72. The number of fused-ring (bicyclic) bond motifs is 2. The van der Waals surface area contributed by atoms with Crippen molar-refractivity contribution in [3.63, 3.8) is 0 Å². The van der Waals surface area contributed by atoms with Gasteiger partial charge in [-0.15, -0.1) is 0 Å². The lowest BCUT2D eigenvalue weighted by molar-refractivity contribution is 0.447. The molecule has 0 atom stereocenters. The lowest BCUT2D eigenvalue weighted by atomic mass is 10.0. The molecule has 0 radical (unpaired) electrons. The first kappa shape index (κ1) is 18.9. The quantitative estimate of drug-likeness (QED) is 0.419. The SMILES string of the molecule is Cc1ccc2c(Cc3cccc(N(C)C)c3)noc2c1C#Cc1cnn2cnccc12. The van der Waals surface area contributed by atoms with Gasteiger partial charge in [0.15, 0.2) is 5.58 Å². The number of aryl methyl sites for hydroxylation is 1. The molecule has 5 aromatic rings. The van der Waals surface area contributed by atoms with E-state index in [9.17, 15) is 0 Å². The average Bonchev–Trinajstić information content (AvgIpc) is 3.37. The largest absolute Gasteiger partial charge is 0.378 e. The van der Waals surface area contributed by atoms with E-state index in [4.69, 9.17) is 4.52 Å². The van der Waals surface area contributed by atoms with E-state index in [1.165, 1.54) is 5.56 Å². The fourth-order valence-corrected chi connectivity index (χ4v) is 3.65. The van der Waals surface area contributed by atoms with Crippen molar-refractivity contribution >= 4 is 22.2 Å². The first-order valence-electron chi connectivity index (χ1n) is 10.0. The highest BCUT2D eigenvalue weighted by Gasteiger charge is 2.14. The molecule has 0 aliphatic carbocycles. The standard InChI is InChI=1S/C25H21N5O/c1-17-7-9-22-23(14-18-5-4-6-20(13-18)29(2)3)28-31-25(22)21(17)10-8-19-15-27-30-16-26-12-11-24(19)30/h4-7,9,11-13,15-16H,14H2,1-3H3. The third-order valence-corrected chi connectivity index (χ3v) is 5.37. The second-order valence-corrected chi connectivity index (χ2v) is 7.72. The Bertz CT molecular complexity index is 1470. The van der Waals surface area contributed by atoms with Crippen LogP contribution in [-0.2, 0) is 6.42 Å². The summed E-state index contributed by atoms with van der Waals surface area (Å²) in [6, 6.07) is 14.5. The van der Waals surface area contributed by atoms with E-state index in [0.29, 0.717) is 6.42 Å². The Morgan fingerprint density at radius 1 is 1.10 bits per heavy atom. The van der Waals surface area contributed by atoms with Gasteiger partial charge in [-0.2, -0.15) is 5.10 Å². The molecule has 2 aromatic carbocycles. The van der Waals surface area contributed by atoms with Crippen molar-refractivity contribution in [2.45, 2.75) is 13.3 Å². The molecule has 0 aliphatic heterocycles. The van der Waals surface area contributed by atoms with Gasteiger partial charge in [-0.05, 0) is 42.3 Å². The van der Waals surface area contributed by atoms with Gasteiger partial charge in [0, 0.05) is 37.8 Å². The predicted octanol–water partition coefficient (Wildman–Crippen LogP) is 4.24. The van der Waals surface area contributed by atoms with E-state index < -0.39 is 0 Å². The zero-order valence-electron chi connectivity index (χ0n) is 17.6. The summed E-state index contributed by atoms with van der Waals surface area (Å²) in [6.45, 7) is 2.03. The van der Waals surface area contributed by atoms with E-state index in [2.05, 4.69) is 68.4 Å². The van der Waals surface area contributed by atoms with Crippen molar-refractivity contribution < 1.29 is 4.52 Å². The lowest BCUT2D eigenvalue weighted by Gasteiger charge is -2.13. The highest BCUT2D eigenvalue weighted by atomic mass is 16.5. The summed E-state index contributed by atoms with van der Waals surface area (Å²) in [6.07, 6.45) is 5.86. The summed E-state index contributed by atoms with van der Waals surface area (Å²) in [4.78, 5) is 6.17. The number of anilines is 1. The van der Waals surface area contributed by atoms with Crippen LogP contribution in [0.25, 0.3) is 16.5 Å². The maximum absolute atomic E-state index is 5.77. The fourth-order valence-electron chi connectivity index (χ4n) is 3.65. The normalized spacial score (nSPS) is 10.9. The van der Waals surface area contributed by atoms with Crippen LogP contribution in [0.1, 0.15) is 27.9 Å². The Balaban J connectivity index is 1.53. The lowest BCUT2D eigenvalue weighted by Crippen LogP contribution is -2.08. The molecule has 0 saturated carbocycles. The van der Waals surface area contributed by atoms with Gasteiger partial charge in [-0.25, -0.2) is 9.50 Å². The number of nitrogens with zero attached hydrogens (tertiary/aromatic N) is 5. The van der Waals surface area contributed by atoms with Gasteiger partial charge < -0.3 is 9.42 Å². The number of hydrogen-bond donors (Lipinski definition) is 0. The summed E-state index contributed by atoms with van der Waals surface area (Å²) in [5, 5.41) is 9.67. The molecule has 0 spiro atoms. The Morgan fingerprint density at radius 2 is 2.00 bits per heavy atom. The number of rotatable bonds is 3. The summed E-state index contributed by atoms with van der Waals surface area (Å²) in [5.41, 5.74) is 7.67. The number of aromatic nitrogens is 4. The van der Waals surface area contributed by atoms with Crippen LogP contribution in [-0.4, -0.2) is 33.9 Å². The zero-order valence-corrected chi connectivity index (χ0v) is 17.6. The summed E-state index contributed by atoms with van der Waals surface area (Å²) in [5.74, 6) is 6.53. The minimum Gasteiger partial charge on any atom is -0.378 e. The van der Waals surface area contributed by atoms with Crippen LogP contribution in [0.2, 0.25) is 0 Å². The third kappa shape index (κ3) is 3.51. The number of benzene rings is 2. The van der Waals surface area contributed by atoms with Crippen LogP contribution in [0.15, 0.2) is 65.7 Å². The highest BCUT2D eigenvalue weighted by Crippen LogP contribution is 2.27. The Labute approximate surface area is 180 Å². The Hall–Kier alpha value is -4.11. The molecule has 5 rings (SSSR count). The van der Waals surface area contributed by atoms with Crippen molar-refractivity contribution in [2.24, 2.45) is 0 Å². The molecule has 31 heavy (non-hydrogen) atoms. The van der Waals surface area contributed by atoms with Crippen molar-refractivity contribution in [1.29, 1.82) is 0 Å². The van der Waals surface area contributed by atoms with Crippen LogP contribution in [0.5, 0.6) is 0 Å². The van der Waals surface area contributed by atoms with Crippen molar-refractivity contribution in [2.75, 3.05) is 19.0 Å². The van der Waals surface area contributed by atoms with Crippen LogP contribution >= 0.6 is 0 Å². The van der Waals surface area contributed by atoms with Gasteiger partial charge in [0.1, 0.15) is 6.33 Å². The van der Waals surface area contributed by atoms with Gasteiger partial charge in [-0.1, -0.05) is 35.2 Å². The van der Waals surface area contributed by atoms with Gasteiger partial charge in [0.25, 0.3) is 0 Å². The minimum absolute atomic E-state index is 0.700. The molecular formula is C25H21N5O. The van der Waals surface area contributed by atoms with Crippen LogP contribution in [0.3, 0.4) is 0 Å². The molecule has 0 amide bonds. The molecule has 0 unspecified atom stereocenters. The molecule has 0 aliphatic rings. The average molecular weight is 407 g/mol. The second kappa shape index (κ2) is 7.62. The van der Waals surface area contributed by atoms with Crippen molar-refractivity contribution in [3.8, 4) is 11.8 Å². The highest BCUT2D eigenvalue weighted by molar-refractivity contribution is 5.86. The van der Waals surface area contributed by atoms with E-state index >= 15 is 0 Å². The predicted molar refractivity (Wildman–Crippen MR) is 121 cm³/mol. The first-order valence-corrected chi connectivity index (χ1v) is 10.0. The number of hydrogen-bond acceptors (Lipinski definition) is 5. The molecule has 0 saturated heterocycles. The molecule has 0 N–H and O–H groups in total. The van der Waals surface area contributed by atoms with Crippen LogP contribution in [0.4, 0.5) is 5.69 Å². The van der Waals surface area contributed by atoms with Crippen molar-refractivity contribution in [3.05, 3.63) is 89.1 Å². The minimum atomic E-state index is 0.700. The summed E-state index contributed by atoms with van der Waals surface area (Å²) in [7, 11) is 4.08. The maximum Gasteiger partial charge on any atom is 0.183 e. The van der Waals surface area contributed by atoms with Crippen molar-refractivity contribution in [1.82, 2.24) is 19.8 Å². The smallest absolute Gasteiger partial charge is 0.183 e. The fraction of sp³-hybridized carbons (Fsp3) is 0.160. The molecule has 6 nitrogen and oxygen atoms in total. The van der Waals surface area contributed by atoms with Gasteiger partial charge in [0.2, 0.25) is 0 Å².